The Morgan fingerprint density at radius 3 is 2.82 bits per heavy atom. The van der Waals surface area contributed by atoms with Gasteiger partial charge < -0.3 is 5.32 Å². The Bertz CT molecular complexity index is 513. The first-order chi connectivity index (χ1) is 8.22. The molecule has 17 heavy (non-hydrogen) atoms. The van der Waals surface area contributed by atoms with Crippen LogP contribution in [-0.4, -0.2) is 21.5 Å². The zero-order valence-electron chi connectivity index (χ0n) is 9.74. The second-order valence-corrected chi connectivity index (χ2v) is 4.65. The topological polar surface area (TPSA) is 50.7 Å². The van der Waals surface area contributed by atoms with Crippen LogP contribution in [0, 0.1) is 10.5 Å². The van der Waals surface area contributed by atoms with Gasteiger partial charge in [0.05, 0.1) is 9.26 Å². The summed E-state index contributed by atoms with van der Waals surface area (Å²) >= 11 is 2.26. The molecule has 0 aliphatic carbocycles. The monoisotopic (exact) mass is 340 g/mol. The molecule has 0 aliphatic heterocycles. The first-order valence-electron chi connectivity index (χ1n) is 5.40. The minimum Gasteiger partial charge on any atom is -0.369 e. The molecule has 0 spiro atoms. The molecule has 0 fully saturated rings. The fourth-order valence-corrected chi connectivity index (χ4v) is 1.90. The van der Waals surface area contributed by atoms with E-state index in [1.54, 1.807) is 12.4 Å². The fraction of sp³-hybridized carbons (Fsp3) is 0.250. The highest BCUT2D eigenvalue weighted by atomic mass is 127. The van der Waals surface area contributed by atoms with Crippen LogP contribution in [0.3, 0.4) is 0 Å². The van der Waals surface area contributed by atoms with Crippen LogP contribution in [-0.2, 0) is 0 Å². The Kier molecular flexibility index (Phi) is 3.88. The highest BCUT2D eigenvalue weighted by molar-refractivity contribution is 14.1. The summed E-state index contributed by atoms with van der Waals surface area (Å²) < 4.78 is 1.07. The molecule has 0 amide bonds. The van der Waals surface area contributed by atoms with E-state index in [-0.39, 0.29) is 0 Å². The molecule has 88 valence electrons. The average molecular weight is 340 g/mol. The van der Waals surface area contributed by atoms with Gasteiger partial charge in [-0.05, 0) is 48.6 Å². The van der Waals surface area contributed by atoms with Crippen molar-refractivity contribution in [1.29, 1.82) is 0 Å². The molecular formula is C12H13IN4. The zero-order valence-corrected chi connectivity index (χ0v) is 11.9. The van der Waals surface area contributed by atoms with Gasteiger partial charge in [0, 0.05) is 24.5 Å². The lowest BCUT2D eigenvalue weighted by atomic mass is 10.2. The molecule has 2 rings (SSSR count). The number of hydrogen-bond acceptors (Lipinski definition) is 4. The van der Waals surface area contributed by atoms with E-state index in [1.165, 1.54) is 0 Å². The summed E-state index contributed by atoms with van der Waals surface area (Å²) in [6.45, 7) is 4.89. The molecule has 0 aromatic carbocycles. The van der Waals surface area contributed by atoms with Gasteiger partial charge in [0.2, 0.25) is 0 Å². The summed E-state index contributed by atoms with van der Waals surface area (Å²) in [7, 11) is 0. The third-order valence-electron chi connectivity index (χ3n) is 2.28. The van der Waals surface area contributed by atoms with Gasteiger partial charge >= 0.3 is 0 Å². The van der Waals surface area contributed by atoms with E-state index in [0.717, 1.165) is 27.2 Å². The molecule has 0 bridgehead atoms. The van der Waals surface area contributed by atoms with Crippen molar-refractivity contribution in [1.82, 2.24) is 15.0 Å². The maximum Gasteiger partial charge on any atom is 0.163 e. The second kappa shape index (κ2) is 5.39. The molecule has 0 unspecified atom stereocenters. The van der Waals surface area contributed by atoms with Crippen molar-refractivity contribution in [2.45, 2.75) is 13.8 Å². The third kappa shape index (κ3) is 2.71. The minimum atomic E-state index is 0.715. The van der Waals surface area contributed by atoms with E-state index in [4.69, 9.17) is 0 Å². The van der Waals surface area contributed by atoms with Crippen LogP contribution < -0.4 is 5.32 Å². The van der Waals surface area contributed by atoms with Gasteiger partial charge in [-0.3, -0.25) is 4.98 Å². The normalized spacial score (nSPS) is 10.3. The van der Waals surface area contributed by atoms with Crippen LogP contribution in [0.2, 0.25) is 0 Å². The molecule has 2 aromatic heterocycles. The van der Waals surface area contributed by atoms with Crippen molar-refractivity contribution in [2.75, 3.05) is 11.9 Å². The minimum absolute atomic E-state index is 0.715. The molecule has 0 saturated carbocycles. The lowest BCUT2D eigenvalue weighted by Crippen LogP contribution is -2.06. The third-order valence-corrected chi connectivity index (χ3v) is 3.57. The van der Waals surface area contributed by atoms with Crippen molar-refractivity contribution >= 4 is 28.4 Å². The zero-order chi connectivity index (χ0) is 12.3. The summed E-state index contributed by atoms with van der Waals surface area (Å²) in [5.41, 5.74) is 1.92. The number of pyridine rings is 1. The van der Waals surface area contributed by atoms with Gasteiger partial charge in [0.15, 0.2) is 5.82 Å². The standard InChI is InChI=1S/C12H13IN4/c1-3-15-12-10(13)8(2)16-11(17-12)9-5-4-6-14-7-9/h4-7H,3H2,1-2H3,(H,15,16,17). The van der Waals surface area contributed by atoms with Gasteiger partial charge in [0.25, 0.3) is 0 Å². The van der Waals surface area contributed by atoms with Crippen LogP contribution in [0.25, 0.3) is 11.4 Å². The smallest absolute Gasteiger partial charge is 0.163 e. The Morgan fingerprint density at radius 2 is 2.18 bits per heavy atom. The van der Waals surface area contributed by atoms with Crippen molar-refractivity contribution < 1.29 is 0 Å². The lowest BCUT2D eigenvalue weighted by Gasteiger charge is -2.09. The van der Waals surface area contributed by atoms with E-state index < -0.39 is 0 Å². The maximum absolute atomic E-state index is 4.52. The van der Waals surface area contributed by atoms with Crippen LogP contribution in [0.4, 0.5) is 5.82 Å². The van der Waals surface area contributed by atoms with E-state index >= 15 is 0 Å². The fourth-order valence-electron chi connectivity index (χ4n) is 1.47. The number of nitrogens with one attached hydrogen (secondary N) is 1. The number of nitrogens with zero attached hydrogens (tertiary/aromatic N) is 3. The van der Waals surface area contributed by atoms with Crippen molar-refractivity contribution in [3.8, 4) is 11.4 Å². The average Bonchev–Trinajstić information content (AvgIpc) is 2.36. The Balaban J connectivity index is 2.49. The molecule has 0 saturated heterocycles. The lowest BCUT2D eigenvalue weighted by molar-refractivity contribution is 1.06. The molecule has 0 aliphatic rings. The second-order valence-electron chi connectivity index (χ2n) is 3.57. The molecular weight excluding hydrogens is 327 g/mol. The van der Waals surface area contributed by atoms with Gasteiger partial charge in [-0.1, -0.05) is 0 Å². The Labute approximate surface area is 114 Å². The number of aryl methyl sites for hydroxylation is 1. The number of aromatic nitrogens is 3. The van der Waals surface area contributed by atoms with E-state index in [0.29, 0.717) is 5.82 Å². The maximum atomic E-state index is 4.52. The largest absolute Gasteiger partial charge is 0.369 e. The number of anilines is 1. The van der Waals surface area contributed by atoms with Gasteiger partial charge in [-0.25, -0.2) is 9.97 Å². The van der Waals surface area contributed by atoms with Crippen LogP contribution in [0.15, 0.2) is 24.5 Å². The Hall–Kier alpha value is -1.24. The van der Waals surface area contributed by atoms with Crippen molar-refractivity contribution in [3.63, 3.8) is 0 Å². The molecule has 4 nitrogen and oxygen atoms in total. The molecule has 0 atom stereocenters. The quantitative estimate of drug-likeness (QED) is 0.873. The summed E-state index contributed by atoms with van der Waals surface area (Å²) in [6, 6.07) is 3.85. The molecule has 1 N–H and O–H groups in total. The molecule has 2 heterocycles. The van der Waals surface area contributed by atoms with Crippen LogP contribution >= 0.6 is 22.6 Å². The van der Waals surface area contributed by atoms with E-state index in [2.05, 4.69) is 49.8 Å². The molecule has 5 heteroatoms. The van der Waals surface area contributed by atoms with Crippen LogP contribution in [0.1, 0.15) is 12.6 Å². The van der Waals surface area contributed by atoms with Gasteiger partial charge in [0.1, 0.15) is 5.82 Å². The van der Waals surface area contributed by atoms with Crippen molar-refractivity contribution in [2.24, 2.45) is 0 Å². The highest BCUT2D eigenvalue weighted by Crippen LogP contribution is 2.22. The first kappa shape index (κ1) is 12.2. The predicted molar refractivity (Wildman–Crippen MR) is 76.9 cm³/mol. The highest BCUT2D eigenvalue weighted by Gasteiger charge is 2.09. The first-order valence-corrected chi connectivity index (χ1v) is 6.48. The SMILES string of the molecule is CCNc1nc(-c2cccnc2)nc(C)c1I. The molecule has 0 radical (unpaired) electrons. The predicted octanol–water partition coefficient (Wildman–Crippen LogP) is 2.88. The summed E-state index contributed by atoms with van der Waals surface area (Å²) in [5.74, 6) is 1.60. The van der Waals surface area contributed by atoms with Crippen LogP contribution in [0.5, 0.6) is 0 Å². The number of hydrogen-bond donors (Lipinski definition) is 1. The van der Waals surface area contributed by atoms with Gasteiger partial charge in [-0.15, -0.1) is 0 Å². The molecule has 2 aromatic rings. The van der Waals surface area contributed by atoms with E-state index in [9.17, 15) is 0 Å². The van der Waals surface area contributed by atoms with Crippen molar-refractivity contribution in [3.05, 3.63) is 33.8 Å². The number of halogens is 1. The number of rotatable bonds is 3. The summed E-state index contributed by atoms with van der Waals surface area (Å²) in [6.07, 6.45) is 3.52. The Morgan fingerprint density at radius 1 is 1.35 bits per heavy atom. The van der Waals surface area contributed by atoms with Gasteiger partial charge in [-0.2, -0.15) is 0 Å². The summed E-state index contributed by atoms with van der Waals surface area (Å²) in [5, 5.41) is 3.25. The van der Waals surface area contributed by atoms with E-state index in [1.807, 2.05) is 19.1 Å². The summed E-state index contributed by atoms with van der Waals surface area (Å²) in [4.78, 5) is 13.1.